The highest BCUT2D eigenvalue weighted by Gasteiger charge is 2.28. The van der Waals surface area contributed by atoms with E-state index in [1.807, 2.05) is 6.92 Å². The number of carbonyl (C=O) groups excluding carboxylic acids is 1. The highest BCUT2D eigenvalue weighted by atomic mass is 35.5. The molecule has 19 heavy (non-hydrogen) atoms. The molecule has 3 nitrogen and oxygen atoms in total. The van der Waals surface area contributed by atoms with Crippen molar-refractivity contribution >= 4 is 17.5 Å². The molecule has 0 aromatic rings. The van der Waals surface area contributed by atoms with Crippen LogP contribution in [-0.4, -0.2) is 48.7 Å². The lowest BCUT2D eigenvalue weighted by Crippen LogP contribution is -2.40. The molecule has 0 radical (unpaired) electrons. The molecule has 1 atom stereocenters. The monoisotopic (exact) mass is 301 g/mol. The van der Waals surface area contributed by atoms with Gasteiger partial charge in [-0.2, -0.15) is 13.2 Å². The lowest BCUT2D eigenvalue weighted by molar-refractivity contribution is -0.175. The molecule has 1 aliphatic heterocycles. The maximum absolute atomic E-state index is 11.8. The molecule has 1 amide bonds. The summed E-state index contributed by atoms with van der Waals surface area (Å²) >= 11 is 6.00. The molecule has 1 unspecified atom stereocenters. The van der Waals surface area contributed by atoms with Crippen LogP contribution in [0.4, 0.5) is 13.2 Å². The van der Waals surface area contributed by atoms with Crippen molar-refractivity contribution in [3.63, 3.8) is 0 Å². The number of likely N-dealkylation sites (tertiary alicyclic amines) is 1. The number of alkyl halides is 4. The van der Waals surface area contributed by atoms with Crippen LogP contribution in [0.3, 0.4) is 0 Å². The number of amides is 1. The Bertz CT molecular complexity index is 289. The third kappa shape index (κ3) is 6.47. The van der Waals surface area contributed by atoms with E-state index in [0.29, 0.717) is 19.0 Å². The number of hydrogen-bond donors (Lipinski definition) is 0. The molecule has 1 heterocycles. The van der Waals surface area contributed by atoms with Crippen LogP contribution in [0.5, 0.6) is 0 Å². The van der Waals surface area contributed by atoms with Crippen LogP contribution >= 0.6 is 11.6 Å². The Balaban J connectivity index is 2.18. The topological polar surface area (TPSA) is 29.5 Å². The highest BCUT2D eigenvalue weighted by molar-refractivity contribution is 6.20. The van der Waals surface area contributed by atoms with Gasteiger partial charge in [-0.15, -0.1) is 11.6 Å². The normalized spacial score (nSPS) is 19.5. The Morgan fingerprint density at radius 1 is 1.42 bits per heavy atom. The Kier molecular flexibility index (Phi) is 6.39. The lowest BCUT2D eigenvalue weighted by Gasteiger charge is -2.33. The zero-order valence-electron chi connectivity index (χ0n) is 10.9. The summed E-state index contributed by atoms with van der Waals surface area (Å²) in [7, 11) is 0. The van der Waals surface area contributed by atoms with Crippen LogP contribution in [0.25, 0.3) is 0 Å². The van der Waals surface area contributed by atoms with E-state index in [0.717, 1.165) is 12.8 Å². The number of ether oxygens (including phenoxy) is 1. The summed E-state index contributed by atoms with van der Waals surface area (Å²) in [6.45, 7) is 1.70. The van der Waals surface area contributed by atoms with Crippen molar-refractivity contribution in [1.29, 1.82) is 0 Å². The number of halogens is 4. The first kappa shape index (κ1) is 16.6. The predicted molar refractivity (Wildman–Crippen MR) is 66.1 cm³/mol. The predicted octanol–water partition coefficient (Wildman–Crippen LogP) is 2.82. The van der Waals surface area contributed by atoms with E-state index in [9.17, 15) is 18.0 Å². The van der Waals surface area contributed by atoms with Crippen molar-refractivity contribution in [2.24, 2.45) is 5.92 Å². The molecule has 1 saturated heterocycles. The van der Waals surface area contributed by atoms with Crippen LogP contribution in [-0.2, 0) is 9.53 Å². The SMILES string of the molecule is CC(Cl)C1CCN(C(=O)CCOCC(F)(F)F)CC1. The number of nitrogens with zero attached hydrogens (tertiary/aromatic N) is 1. The van der Waals surface area contributed by atoms with Crippen molar-refractivity contribution in [3.8, 4) is 0 Å². The minimum Gasteiger partial charge on any atom is -0.372 e. The Morgan fingerprint density at radius 2 is 2.00 bits per heavy atom. The first-order chi connectivity index (χ1) is 8.79. The summed E-state index contributed by atoms with van der Waals surface area (Å²) in [6.07, 6.45) is -2.64. The Morgan fingerprint density at radius 3 is 2.47 bits per heavy atom. The number of piperidine rings is 1. The van der Waals surface area contributed by atoms with E-state index in [1.165, 1.54) is 0 Å². The van der Waals surface area contributed by atoms with Crippen LogP contribution in [0.15, 0.2) is 0 Å². The lowest BCUT2D eigenvalue weighted by atomic mass is 9.94. The average molecular weight is 302 g/mol. The molecule has 0 aromatic carbocycles. The molecule has 1 aliphatic rings. The van der Waals surface area contributed by atoms with Crippen molar-refractivity contribution in [2.45, 2.75) is 37.7 Å². The molecule has 0 N–H and O–H groups in total. The molecule has 112 valence electrons. The minimum absolute atomic E-state index is 0.00280. The zero-order valence-corrected chi connectivity index (χ0v) is 11.6. The third-order valence-electron chi connectivity index (χ3n) is 3.27. The van der Waals surface area contributed by atoms with Gasteiger partial charge in [-0.05, 0) is 25.7 Å². The molecule has 7 heteroatoms. The van der Waals surface area contributed by atoms with E-state index < -0.39 is 12.8 Å². The molecule has 1 rings (SSSR count). The van der Waals surface area contributed by atoms with E-state index in [1.54, 1.807) is 4.90 Å². The molecule has 0 saturated carbocycles. The van der Waals surface area contributed by atoms with Gasteiger partial charge in [0.15, 0.2) is 0 Å². The minimum atomic E-state index is -4.34. The standard InChI is InChI=1S/C12H19ClF3NO2/c1-9(13)10-2-5-17(6-3-10)11(18)4-7-19-8-12(14,15)16/h9-10H,2-8H2,1H3. The fraction of sp³-hybridized carbons (Fsp3) is 0.917. The van der Waals surface area contributed by atoms with Crippen LogP contribution < -0.4 is 0 Å². The average Bonchev–Trinajstić information content (AvgIpc) is 2.33. The van der Waals surface area contributed by atoms with Crippen molar-refractivity contribution in [3.05, 3.63) is 0 Å². The van der Waals surface area contributed by atoms with E-state index >= 15 is 0 Å². The first-order valence-corrected chi connectivity index (χ1v) is 6.79. The molecular weight excluding hydrogens is 283 g/mol. The summed E-state index contributed by atoms with van der Waals surface area (Å²) < 4.78 is 39.9. The van der Waals surface area contributed by atoms with Crippen molar-refractivity contribution in [2.75, 3.05) is 26.3 Å². The number of carbonyl (C=O) groups is 1. The summed E-state index contributed by atoms with van der Waals surface area (Å²) in [5.74, 6) is 0.259. The van der Waals surface area contributed by atoms with Gasteiger partial charge < -0.3 is 9.64 Å². The van der Waals surface area contributed by atoms with E-state index in [-0.39, 0.29) is 24.3 Å². The molecule has 0 aliphatic carbocycles. The largest absolute Gasteiger partial charge is 0.411 e. The molecule has 0 bridgehead atoms. The zero-order chi connectivity index (χ0) is 14.5. The highest BCUT2D eigenvalue weighted by Crippen LogP contribution is 2.24. The van der Waals surface area contributed by atoms with E-state index in [2.05, 4.69) is 4.74 Å². The fourth-order valence-corrected chi connectivity index (χ4v) is 2.37. The van der Waals surface area contributed by atoms with Crippen molar-refractivity contribution in [1.82, 2.24) is 4.90 Å². The number of rotatable bonds is 5. The fourth-order valence-electron chi connectivity index (χ4n) is 2.11. The Hall–Kier alpha value is -0.490. The second-order valence-electron chi connectivity index (χ2n) is 4.81. The van der Waals surface area contributed by atoms with Crippen molar-refractivity contribution < 1.29 is 22.7 Å². The Labute approximate surface area is 116 Å². The summed E-state index contributed by atoms with van der Waals surface area (Å²) in [6, 6.07) is 0. The summed E-state index contributed by atoms with van der Waals surface area (Å²) in [5.41, 5.74) is 0. The molecular formula is C12H19ClF3NO2. The second-order valence-corrected chi connectivity index (χ2v) is 5.50. The van der Waals surface area contributed by atoms with Gasteiger partial charge in [0.25, 0.3) is 0 Å². The van der Waals surface area contributed by atoms with Gasteiger partial charge in [-0.25, -0.2) is 0 Å². The molecule has 1 fully saturated rings. The van der Waals surface area contributed by atoms with Gasteiger partial charge in [0, 0.05) is 18.5 Å². The van der Waals surface area contributed by atoms with E-state index in [4.69, 9.17) is 11.6 Å². The molecule has 0 aromatic heterocycles. The van der Waals surface area contributed by atoms with Gasteiger partial charge in [-0.1, -0.05) is 0 Å². The summed E-state index contributed by atoms with van der Waals surface area (Å²) in [5, 5.41) is 0.0902. The first-order valence-electron chi connectivity index (χ1n) is 6.36. The van der Waals surface area contributed by atoms with Gasteiger partial charge in [0.2, 0.25) is 5.91 Å². The second kappa shape index (κ2) is 7.33. The van der Waals surface area contributed by atoms with Crippen LogP contribution in [0.2, 0.25) is 0 Å². The van der Waals surface area contributed by atoms with Gasteiger partial charge in [0.05, 0.1) is 13.0 Å². The van der Waals surface area contributed by atoms with Gasteiger partial charge >= 0.3 is 6.18 Å². The third-order valence-corrected chi connectivity index (χ3v) is 3.62. The maximum Gasteiger partial charge on any atom is 0.411 e. The number of hydrogen-bond acceptors (Lipinski definition) is 2. The summed E-state index contributed by atoms with van der Waals surface area (Å²) in [4.78, 5) is 13.4. The van der Waals surface area contributed by atoms with Crippen LogP contribution in [0, 0.1) is 5.92 Å². The molecule has 0 spiro atoms. The smallest absolute Gasteiger partial charge is 0.372 e. The van der Waals surface area contributed by atoms with Gasteiger partial charge in [-0.3, -0.25) is 4.79 Å². The van der Waals surface area contributed by atoms with Gasteiger partial charge in [0.1, 0.15) is 6.61 Å². The van der Waals surface area contributed by atoms with Crippen LogP contribution in [0.1, 0.15) is 26.2 Å². The quantitative estimate of drug-likeness (QED) is 0.577. The maximum atomic E-state index is 11.8.